The van der Waals surface area contributed by atoms with Crippen LogP contribution in [-0.4, -0.2) is 34.4 Å². The van der Waals surface area contributed by atoms with Crippen molar-refractivity contribution in [3.05, 3.63) is 35.8 Å². The molecule has 0 spiro atoms. The number of aryl methyl sites for hydroxylation is 1. The Labute approximate surface area is 130 Å². The van der Waals surface area contributed by atoms with Crippen molar-refractivity contribution in [2.24, 2.45) is 16.6 Å². The Hall–Kier alpha value is -2.37. The molecule has 0 unspecified atom stereocenters. The fourth-order valence-corrected chi connectivity index (χ4v) is 2.48. The first-order chi connectivity index (χ1) is 10.8. The van der Waals surface area contributed by atoms with E-state index in [0.29, 0.717) is 6.54 Å². The summed E-state index contributed by atoms with van der Waals surface area (Å²) in [5.74, 6) is 1.84. The summed E-state index contributed by atoms with van der Waals surface area (Å²) in [7, 11) is 1.73. The molecule has 0 saturated heterocycles. The molecule has 0 amide bonds. The van der Waals surface area contributed by atoms with Crippen LogP contribution in [0.2, 0.25) is 0 Å². The van der Waals surface area contributed by atoms with E-state index >= 15 is 0 Å². The van der Waals surface area contributed by atoms with Gasteiger partial charge in [0.2, 0.25) is 0 Å². The van der Waals surface area contributed by atoms with Gasteiger partial charge in [-0.2, -0.15) is 9.61 Å². The van der Waals surface area contributed by atoms with Gasteiger partial charge in [0.05, 0.1) is 6.20 Å². The monoisotopic (exact) mass is 298 g/mol. The summed E-state index contributed by atoms with van der Waals surface area (Å²) < 4.78 is 1.82. The molecule has 1 aliphatic carbocycles. The summed E-state index contributed by atoms with van der Waals surface area (Å²) in [5, 5.41) is 7.70. The molecule has 2 heterocycles. The number of rotatable bonds is 7. The summed E-state index contributed by atoms with van der Waals surface area (Å²) >= 11 is 0. The second-order valence-electron chi connectivity index (χ2n) is 5.70. The van der Waals surface area contributed by atoms with Crippen molar-refractivity contribution < 1.29 is 0 Å². The average Bonchev–Trinajstić information content (AvgIpc) is 3.24. The predicted octanol–water partition coefficient (Wildman–Crippen LogP) is 2.03. The molecule has 0 aliphatic heterocycles. The van der Waals surface area contributed by atoms with Crippen LogP contribution >= 0.6 is 0 Å². The van der Waals surface area contributed by atoms with Gasteiger partial charge in [0, 0.05) is 49.4 Å². The largest absolute Gasteiger partial charge is 0.404 e. The zero-order valence-corrected chi connectivity index (χ0v) is 12.9. The molecule has 1 fully saturated rings. The van der Waals surface area contributed by atoms with Gasteiger partial charge in [0.25, 0.3) is 0 Å². The molecule has 116 valence electrons. The number of fused-ring (bicyclic) bond motifs is 1. The van der Waals surface area contributed by atoms with Crippen LogP contribution in [0.15, 0.2) is 35.1 Å². The summed E-state index contributed by atoms with van der Waals surface area (Å²) in [6.45, 7) is 0.606. The first-order valence-electron chi connectivity index (χ1n) is 7.70. The number of aliphatic imine (C=N–C) groups is 1. The maximum atomic E-state index is 5.61. The zero-order chi connectivity index (χ0) is 15.4. The Bertz CT molecular complexity index is 696. The topological polar surface area (TPSA) is 80.6 Å². The Kier molecular flexibility index (Phi) is 4.37. The zero-order valence-electron chi connectivity index (χ0n) is 12.9. The molecule has 3 N–H and O–H groups in total. The number of nitrogens with one attached hydrogen (secondary N) is 1. The van der Waals surface area contributed by atoms with Gasteiger partial charge in [0.15, 0.2) is 5.65 Å². The molecule has 2 aromatic rings. The number of nitrogens with zero attached hydrogens (tertiary/aromatic N) is 4. The first kappa shape index (κ1) is 14.6. The molecule has 0 bridgehead atoms. The molecule has 0 radical (unpaired) electrons. The van der Waals surface area contributed by atoms with Crippen LogP contribution in [0.25, 0.3) is 5.65 Å². The van der Waals surface area contributed by atoms with E-state index in [9.17, 15) is 0 Å². The molecule has 1 saturated carbocycles. The normalized spacial score (nSPS) is 15.8. The highest BCUT2D eigenvalue weighted by Gasteiger charge is 2.21. The summed E-state index contributed by atoms with van der Waals surface area (Å²) in [5.41, 5.74) is 8.52. The highest BCUT2D eigenvalue weighted by atomic mass is 15.3. The van der Waals surface area contributed by atoms with Crippen molar-refractivity contribution in [2.45, 2.75) is 25.7 Å². The number of hydrogen-bond acceptors (Lipinski definition) is 5. The van der Waals surface area contributed by atoms with E-state index in [-0.39, 0.29) is 0 Å². The Morgan fingerprint density at radius 3 is 3.14 bits per heavy atom. The summed E-state index contributed by atoms with van der Waals surface area (Å²) in [6, 6.07) is 4.01. The van der Waals surface area contributed by atoms with Gasteiger partial charge >= 0.3 is 0 Å². The third kappa shape index (κ3) is 3.44. The minimum Gasteiger partial charge on any atom is -0.404 e. The molecule has 0 atom stereocenters. The second-order valence-corrected chi connectivity index (χ2v) is 5.70. The first-order valence-corrected chi connectivity index (χ1v) is 7.70. The third-order valence-corrected chi connectivity index (χ3v) is 3.90. The highest BCUT2D eigenvalue weighted by Crippen LogP contribution is 2.33. The molecule has 3 rings (SSSR count). The minimum atomic E-state index is 0.606. The molecule has 1 aliphatic rings. The van der Waals surface area contributed by atoms with Crippen LogP contribution in [0.3, 0.4) is 0 Å². The summed E-state index contributed by atoms with van der Waals surface area (Å²) in [6.07, 6.45) is 10.1. The van der Waals surface area contributed by atoms with Crippen LogP contribution in [-0.2, 0) is 6.42 Å². The third-order valence-electron chi connectivity index (χ3n) is 3.90. The van der Waals surface area contributed by atoms with E-state index in [1.807, 2.05) is 10.6 Å². The van der Waals surface area contributed by atoms with Crippen molar-refractivity contribution in [3.8, 4) is 0 Å². The maximum Gasteiger partial charge on any atom is 0.157 e. The number of aromatic nitrogens is 3. The highest BCUT2D eigenvalue weighted by molar-refractivity contribution is 5.79. The van der Waals surface area contributed by atoms with Crippen molar-refractivity contribution in [1.82, 2.24) is 14.6 Å². The standard InChI is InChI=1S/C16H22N6/c1-18-10-13(9-17)11-19-16-8-14(5-4-12-2-3-12)21-15-6-7-20-22(15)16/h6-10,12,19H,2-5,11,17H2,1H3. The van der Waals surface area contributed by atoms with Crippen LogP contribution in [0.1, 0.15) is 25.0 Å². The second kappa shape index (κ2) is 6.60. The number of hydrogen-bond donors (Lipinski definition) is 2. The molecule has 22 heavy (non-hydrogen) atoms. The molecule has 2 aromatic heterocycles. The van der Waals surface area contributed by atoms with Crippen molar-refractivity contribution in [3.63, 3.8) is 0 Å². The lowest BCUT2D eigenvalue weighted by atomic mass is 10.1. The van der Waals surface area contributed by atoms with Gasteiger partial charge < -0.3 is 11.1 Å². The lowest BCUT2D eigenvalue weighted by Crippen LogP contribution is -2.12. The van der Waals surface area contributed by atoms with Crippen LogP contribution in [0.4, 0.5) is 5.82 Å². The quantitative estimate of drug-likeness (QED) is 0.766. The van der Waals surface area contributed by atoms with Gasteiger partial charge in [-0.05, 0) is 18.8 Å². The average molecular weight is 298 g/mol. The SMILES string of the molecule is CN=CC(=CN)CNc1cc(CCC2CC2)nc2ccnn12. The number of anilines is 1. The summed E-state index contributed by atoms with van der Waals surface area (Å²) in [4.78, 5) is 8.67. The van der Waals surface area contributed by atoms with E-state index in [0.717, 1.165) is 35.1 Å². The molecule has 0 aromatic carbocycles. The lowest BCUT2D eigenvalue weighted by Gasteiger charge is -2.10. The number of nitrogens with two attached hydrogens (primary N) is 1. The lowest BCUT2D eigenvalue weighted by molar-refractivity contribution is 0.712. The van der Waals surface area contributed by atoms with Gasteiger partial charge in [0.1, 0.15) is 5.82 Å². The minimum absolute atomic E-state index is 0.606. The van der Waals surface area contributed by atoms with Crippen molar-refractivity contribution in [2.75, 3.05) is 18.9 Å². The van der Waals surface area contributed by atoms with Gasteiger partial charge in [-0.25, -0.2) is 4.98 Å². The van der Waals surface area contributed by atoms with E-state index in [2.05, 4.69) is 26.5 Å². The maximum absolute atomic E-state index is 5.61. The predicted molar refractivity (Wildman–Crippen MR) is 89.2 cm³/mol. The van der Waals surface area contributed by atoms with E-state index in [1.54, 1.807) is 25.7 Å². The molecular formula is C16H22N6. The molecular weight excluding hydrogens is 276 g/mol. The van der Waals surface area contributed by atoms with Crippen molar-refractivity contribution in [1.29, 1.82) is 0 Å². The van der Waals surface area contributed by atoms with Gasteiger partial charge in [-0.1, -0.05) is 12.8 Å². The Morgan fingerprint density at radius 2 is 2.41 bits per heavy atom. The fraction of sp³-hybridized carbons (Fsp3) is 0.438. The Morgan fingerprint density at radius 1 is 1.55 bits per heavy atom. The van der Waals surface area contributed by atoms with Crippen molar-refractivity contribution >= 4 is 17.7 Å². The Balaban J connectivity index is 1.78. The van der Waals surface area contributed by atoms with E-state index in [4.69, 9.17) is 5.73 Å². The van der Waals surface area contributed by atoms with E-state index < -0.39 is 0 Å². The molecule has 6 nitrogen and oxygen atoms in total. The van der Waals surface area contributed by atoms with Crippen LogP contribution in [0.5, 0.6) is 0 Å². The van der Waals surface area contributed by atoms with Gasteiger partial charge in [-0.3, -0.25) is 4.99 Å². The van der Waals surface area contributed by atoms with Gasteiger partial charge in [-0.15, -0.1) is 0 Å². The molecule has 6 heteroatoms. The fourth-order valence-electron chi connectivity index (χ4n) is 2.48. The van der Waals surface area contributed by atoms with Crippen LogP contribution < -0.4 is 11.1 Å². The van der Waals surface area contributed by atoms with Crippen LogP contribution in [0, 0.1) is 5.92 Å². The van der Waals surface area contributed by atoms with E-state index in [1.165, 1.54) is 19.3 Å². The smallest absolute Gasteiger partial charge is 0.157 e.